The molecule has 0 saturated carbocycles. The van der Waals surface area contributed by atoms with Crippen LogP contribution in [-0.4, -0.2) is 13.5 Å². The van der Waals surface area contributed by atoms with Crippen molar-refractivity contribution in [2.24, 2.45) is 0 Å². The summed E-state index contributed by atoms with van der Waals surface area (Å²) in [6.07, 6.45) is 0. The van der Waals surface area contributed by atoms with E-state index in [1.54, 1.807) is 36.4 Å². The summed E-state index contributed by atoms with van der Waals surface area (Å²) in [4.78, 5) is 0.129. The van der Waals surface area contributed by atoms with E-state index in [0.717, 1.165) is 15.6 Å². The van der Waals surface area contributed by atoms with Gasteiger partial charge in [-0.1, -0.05) is 57.9 Å². The van der Waals surface area contributed by atoms with Gasteiger partial charge in [0.25, 0.3) is 10.0 Å². The minimum Gasteiger partial charge on any atom is -0.392 e. The Morgan fingerprint density at radius 1 is 0.923 bits per heavy atom. The third kappa shape index (κ3) is 4.27. The first kappa shape index (κ1) is 18.9. The molecule has 0 aromatic heterocycles. The van der Waals surface area contributed by atoms with Gasteiger partial charge in [-0.3, -0.25) is 4.72 Å². The molecule has 134 valence electrons. The first-order valence-corrected chi connectivity index (χ1v) is 10.3. The van der Waals surface area contributed by atoms with Gasteiger partial charge in [0.15, 0.2) is 0 Å². The number of anilines is 1. The van der Waals surface area contributed by atoms with Gasteiger partial charge in [0.05, 0.1) is 22.2 Å². The Labute approximate surface area is 165 Å². The molecule has 0 aliphatic rings. The predicted molar refractivity (Wildman–Crippen MR) is 108 cm³/mol. The molecule has 3 aromatic carbocycles. The SMILES string of the molecule is O=S(=O)(Nc1cc(CO)ccc1Cl)c1ccc(-c2ccc(Br)cc2)cc1. The summed E-state index contributed by atoms with van der Waals surface area (Å²) < 4.78 is 28.7. The maximum atomic E-state index is 12.6. The Morgan fingerprint density at radius 3 is 2.08 bits per heavy atom. The van der Waals surface area contributed by atoms with E-state index in [1.807, 2.05) is 24.3 Å². The molecule has 0 radical (unpaired) electrons. The van der Waals surface area contributed by atoms with Crippen molar-refractivity contribution in [3.05, 3.63) is 81.8 Å². The highest BCUT2D eigenvalue weighted by Gasteiger charge is 2.16. The predicted octanol–water partition coefficient (Wildman–Crippen LogP) is 5.06. The largest absolute Gasteiger partial charge is 0.392 e. The zero-order valence-electron chi connectivity index (χ0n) is 13.5. The Morgan fingerprint density at radius 2 is 1.50 bits per heavy atom. The molecule has 0 aliphatic carbocycles. The second-order valence-electron chi connectivity index (χ2n) is 5.61. The standard InChI is InChI=1S/C19H15BrClNO3S/c20-16-6-2-14(3-7-16)15-4-8-17(9-5-15)26(24,25)22-19-11-13(12-23)1-10-18(19)21/h1-11,22-23H,12H2. The number of sulfonamides is 1. The first-order chi connectivity index (χ1) is 12.4. The van der Waals surface area contributed by atoms with Gasteiger partial charge in [0.2, 0.25) is 0 Å². The number of aliphatic hydroxyl groups excluding tert-OH is 1. The number of halogens is 2. The molecule has 0 amide bonds. The van der Waals surface area contributed by atoms with Crippen molar-refractivity contribution in [3.63, 3.8) is 0 Å². The summed E-state index contributed by atoms with van der Waals surface area (Å²) in [7, 11) is -3.79. The fraction of sp³-hybridized carbons (Fsp3) is 0.0526. The number of hydrogen-bond acceptors (Lipinski definition) is 3. The van der Waals surface area contributed by atoms with Gasteiger partial charge in [-0.15, -0.1) is 0 Å². The minimum absolute atomic E-state index is 0.129. The number of rotatable bonds is 5. The van der Waals surface area contributed by atoms with Crippen LogP contribution < -0.4 is 4.72 Å². The third-order valence-electron chi connectivity index (χ3n) is 3.80. The summed E-state index contributed by atoms with van der Waals surface area (Å²) in [6.45, 7) is -0.201. The van der Waals surface area contributed by atoms with E-state index in [2.05, 4.69) is 20.7 Å². The van der Waals surface area contributed by atoms with Crippen LogP contribution in [0.25, 0.3) is 11.1 Å². The van der Waals surface area contributed by atoms with Crippen LogP contribution in [-0.2, 0) is 16.6 Å². The molecule has 26 heavy (non-hydrogen) atoms. The lowest BCUT2D eigenvalue weighted by molar-refractivity contribution is 0.282. The highest BCUT2D eigenvalue weighted by molar-refractivity contribution is 9.10. The Bertz CT molecular complexity index is 1020. The average molecular weight is 453 g/mol. The highest BCUT2D eigenvalue weighted by atomic mass is 79.9. The van der Waals surface area contributed by atoms with Crippen molar-refractivity contribution in [3.8, 4) is 11.1 Å². The van der Waals surface area contributed by atoms with Gasteiger partial charge in [-0.05, 0) is 53.1 Å². The van der Waals surface area contributed by atoms with Gasteiger partial charge < -0.3 is 5.11 Å². The van der Waals surface area contributed by atoms with E-state index >= 15 is 0 Å². The number of aliphatic hydroxyl groups is 1. The molecule has 0 atom stereocenters. The van der Waals surface area contributed by atoms with Gasteiger partial charge in [0, 0.05) is 4.47 Å². The molecule has 0 aliphatic heterocycles. The normalized spacial score (nSPS) is 11.3. The average Bonchev–Trinajstić information content (AvgIpc) is 2.64. The van der Waals surface area contributed by atoms with Gasteiger partial charge >= 0.3 is 0 Å². The fourth-order valence-corrected chi connectivity index (χ4v) is 3.98. The topological polar surface area (TPSA) is 66.4 Å². The van der Waals surface area contributed by atoms with Crippen molar-refractivity contribution in [2.45, 2.75) is 11.5 Å². The van der Waals surface area contributed by atoms with E-state index in [4.69, 9.17) is 11.6 Å². The monoisotopic (exact) mass is 451 g/mol. The zero-order valence-corrected chi connectivity index (χ0v) is 16.6. The third-order valence-corrected chi connectivity index (χ3v) is 6.04. The molecular weight excluding hydrogens is 438 g/mol. The molecule has 4 nitrogen and oxygen atoms in total. The van der Waals surface area contributed by atoms with Gasteiger partial charge in [-0.25, -0.2) is 8.42 Å². The van der Waals surface area contributed by atoms with Crippen LogP contribution in [0.3, 0.4) is 0 Å². The second kappa shape index (κ2) is 7.80. The number of nitrogens with one attached hydrogen (secondary N) is 1. The summed E-state index contributed by atoms with van der Waals surface area (Å²) in [5, 5.41) is 9.46. The van der Waals surface area contributed by atoms with Crippen LogP contribution >= 0.6 is 27.5 Å². The molecule has 7 heteroatoms. The zero-order chi connectivity index (χ0) is 18.7. The van der Waals surface area contributed by atoms with Crippen LogP contribution in [0.2, 0.25) is 5.02 Å². The highest BCUT2D eigenvalue weighted by Crippen LogP contribution is 2.27. The van der Waals surface area contributed by atoms with Crippen LogP contribution in [0.15, 0.2) is 76.1 Å². The van der Waals surface area contributed by atoms with Gasteiger partial charge in [0.1, 0.15) is 0 Å². The summed E-state index contributed by atoms with van der Waals surface area (Å²) in [5.74, 6) is 0. The maximum absolute atomic E-state index is 12.6. The second-order valence-corrected chi connectivity index (χ2v) is 8.61. The maximum Gasteiger partial charge on any atom is 0.261 e. The van der Waals surface area contributed by atoms with E-state index in [-0.39, 0.29) is 22.2 Å². The van der Waals surface area contributed by atoms with Crippen molar-refractivity contribution >= 4 is 43.2 Å². The van der Waals surface area contributed by atoms with Crippen molar-refractivity contribution in [1.29, 1.82) is 0 Å². The molecule has 0 saturated heterocycles. The molecule has 3 rings (SSSR count). The fourth-order valence-electron chi connectivity index (χ4n) is 2.42. The molecule has 0 unspecified atom stereocenters. The molecular formula is C19H15BrClNO3S. The van der Waals surface area contributed by atoms with E-state index in [9.17, 15) is 13.5 Å². The number of benzene rings is 3. The van der Waals surface area contributed by atoms with E-state index in [1.165, 1.54) is 6.07 Å². The minimum atomic E-state index is -3.79. The Balaban J connectivity index is 1.87. The molecule has 3 aromatic rings. The summed E-state index contributed by atoms with van der Waals surface area (Å²) in [6, 6.07) is 19.0. The Hall–Kier alpha value is -1.86. The lowest BCUT2D eigenvalue weighted by atomic mass is 10.1. The Kier molecular flexibility index (Phi) is 5.67. The van der Waals surface area contributed by atoms with E-state index < -0.39 is 10.0 Å². The lowest BCUT2D eigenvalue weighted by Gasteiger charge is -2.11. The summed E-state index contributed by atoms with van der Waals surface area (Å²) >= 11 is 9.44. The van der Waals surface area contributed by atoms with Crippen LogP contribution in [0.4, 0.5) is 5.69 Å². The smallest absolute Gasteiger partial charge is 0.261 e. The van der Waals surface area contributed by atoms with Crippen LogP contribution in [0.5, 0.6) is 0 Å². The molecule has 0 bridgehead atoms. The molecule has 2 N–H and O–H groups in total. The van der Waals surface area contributed by atoms with Crippen molar-refractivity contribution in [1.82, 2.24) is 0 Å². The quantitative estimate of drug-likeness (QED) is 0.568. The summed E-state index contributed by atoms with van der Waals surface area (Å²) in [5.41, 5.74) is 2.70. The van der Waals surface area contributed by atoms with Crippen LogP contribution in [0, 0.1) is 0 Å². The van der Waals surface area contributed by atoms with Crippen molar-refractivity contribution < 1.29 is 13.5 Å². The first-order valence-electron chi connectivity index (χ1n) is 7.67. The molecule has 0 spiro atoms. The lowest BCUT2D eigenvalue weighted by Crippen LogP contribution is -2.13. The van der Waals surface area contributed by atoms with Crippen LogP contribution in [0.1, 0.15) is 5.56 Å². The number of hydrogen-bond donors (Lipinski definition) is 2. The molecule has 0 heterocycles. The van der Waals surface area contributed by atoms with Gasteiger partial charge in [-0.2, -0.15) is 0 Å². The van der Waals surface area contributed by atoms with E-state index in [0.29, 0.717) is 5.56 Å². The van der Waals surface area contributed by atoms with Crippen molar-refractivity contribution in [2.75, 3.05) is 4.72 Å². The molecule has 0 fully saturated rings.